The van der Waals surface area contributed by atoms with Gasteiger partial charge in [0.15, 0.2) is 0 Å². The second-order valence-electron chi connectivity index (χ2n) is 4.75. The molecule has 2 heterocycles. The lowest BCUT2D eigenvalue weighted by atomic mass is 9.94. The molecular formula is C12H17BrN2OS. The Morgan fingerprint density at radius 1 is 1.65 bits per heavy atom. The van der Waals surface area contributed by atoms with Crippen LogP contribution >= 0.6 is 27.3 Å². The van der Waals surface area contributed by atoms with Crippen LogP contribution < -0.4 is 5.32 Å². The van der Waals surface area contributed by atoms with Crippen molar-refractivity contribution in [1.29, 1.82) is 0 Å². The third-order valence-corrected chi connectivity index (χ3v) is 4.76. The number of rotatable bonds is 2. The molecule has 2 unspecified atom stereocenters. The van der Waals surface area contributed by atoms with E-state index in [0.29, 0.717) is 12.0 Å². The summed E-state index contributed by atoms with van der Waals surface area (Å²) >= 11 is 4.92. The minimum Gasteiger partial charge on any atom is -0.349 e. The molecule has 1 aromatic rings. The highest BCUT2D eigenvalue weighted by atomic mass is 79.9. The Morgan fingerprint density at radius 2 is 2.41 bits per heavy atom. The summed E-state index contributed by atoms with van der Waals surface area (Å²) in [5.74, 6) is 0.563. The number of piperidine rings is 1. The normalized spacial score (nSPS) is 25.8. The first kappa shape index (κ1) is 13.1. The molecule has 0 spiro atoms. The molecule has 3 nitrogen and oxygen atoms in total. The first-order chi connectivity index (χ1) is 8.06. The molecule has 0 aromatic carbocycles. The summed E-state index contributed by atoms with van der Waals surface area (Å²) < 4.78 is 0.999. The minimum atomic E-state index is 0.0494. The van der Waals surface area contributed by atoms with Crippen molar-refractivity contribution in [3.63, 3.8) is 0 Å². The number of hydrogen-bond donors (Lipinski definition) is 1. The predicted molar refractivity (Wildman–Crippen MR) is 74.6 cm³/mol. The number of nitrogens with one attached hydrogen (secondary N) is 1. The van der Waals surface area contributed by atoms with Crippen molar-refractivity contribution in [2.75, 3.05) is 20.1 Å². The molecule has 2 rings (SSSR count). The van der Waals surface area contributed by atoms with E-state index in [1.807, 2.05) is 11.4 Å². The van der Waals surface area contributed by atoms with E-state index in [2.05, 4.69) is 40.1 Å². The summed E-state index contributed by atoms with van der Waals surface area (Å²) in [6.07, 6.45) is 1.04. The van der Waals surface area contributed by atoms with Crippen LogP contribution in [0.15, 0.2) is 15.2 Å². The van der Waals surface area contributed by atoms with Crippen LogP contribution in [0.4, 0.5) is 0 Å². The molecule has 1 saturated heterocycles. The van der Waals surface area contributed by atoms with Crippen LogP contribution in [0, 0.1) is 5.92 Å². The van der Waals surface area contributed by atoms with Crippen LogP contribution in [0.2, 0.25) is 0 Å². The number of carbonyl (C=O) groups excluding carboxylic acids is 1. The molecule has 5 heteroatoms. The number of carbonyl (C=O) groups is 1. The summed E-state index contributed by atoms with van der Waals surface area (Å²) in [6.45, 7) is 4.31. The van der Waals surface area contributed by atoms with Crippen LogP contribution in [0.1, 0.15) is 23.7 Å². The largest absolute Gasteiger partial charge is 0.349 e. The van der Waals surface area contributed by atoms with E-state index in [1.165, 1.54) is 0 Å². The average molecular weight is 317 g/mol. The molecule has 1 fully saturated rings. The number of hydrogen-bond acceptors (Lipinski definition) is 3. The van der Waals surface area contributed by atoms with Crippen molar-refractivity contribution >= 4 is 33.2 Å². The molecule has 1 aliphatic heterocycles. The monoisotopic (exact) mass is 316 g/mol. The zero-order valence-corrected chi connectivity index (χ0v) is 12.5. The summed E-state index contributed by atoms with van der Waals surface area (Å²) in [5.41, 5.74) is 0.757. The second kappa shape index (κ2) is 5.50. The average Bonchev–Trinajstić information content (AvgIpc) is 2.69. The Bertz CT molecular complexity index is 407. The van der Waals surface area contributed by atoms with Crippen molar-refractivity contribution in [2.45, 2.75) is 19.4 Å². The van der Waals surface area contributed by atoms with E-state index in [9.17, 15) is 4.79 Å². The zero-order valence-electron chi connectivity index (χ0n) is 10.1. The van der Waals surface area contributed by atoms with Gasteiger partial charge in [-0.1, -0.05) is 6.92 Å². The van der Waals surface area contributed by atoms with Crippen molar-refractivity contribution in [3.8, 4) is 0 Å². The van der Waals surface area contributed by atoms with Crippen molar-refractivity contribution in [3.05, 3.63) is 20.8 Å². The Morgan fingerprint density at radius 3 is 3.00 bits per heavy atom. The lowest BCUT2D eigenvalue weighted by molar-refractivity contribution is 0.0884. The third kappa shape index (κ3) is 3.30. The van der Waals surface area contributed by atoms with E-state index in [1.54, 1.807) is 11.3 Å². The molecule has 0 radical (unpaired) electrons. The van der Waals surface area contributed by atoms with Gasteiger partial charge >= 0.3 is 0 Å². The molecule has 0 aliphatic carbocycles. The Kier molecular flexibility index (Phi) is 4.22. The van der Waals surface area contributed by atoms with Crippen molar-refractivity contribution in [2.24, 2.45) is 5.92 Å². The SMILES string of the molecule is CC1CN(C)CCC1NC(=O)c1csc(Br)c1. The van der Waals surface area contributed by atoms with Crippen LogP contribution in [0.3, 0.4) is 0 Å². The van der Waals surface area contributed by atoms with Gasteiger partial charge in [-0.15, -0.1) is 11.3 Å². The van der Waals surface area contributed by atoms with E-state index in [0.717, 1.165) is 28.9 Å². The van der Waals surface area contributed by atoms with Crippen LogP contribution in [0.5, 0.6) is 0 Å². The first-order valence-corrected chi connectivity index (χ1v) is 7.47. The first-order valence-electron chi connectivity index (χ1n) is 5.79. The summed E-state index contributed by atoms with van der Waals surface area (Å²) in [6, 6.07) is 2.18. The van der Waals surface area contributed by atoms with Crippen molar-refractivity contribution in [1.82, 2.24) is 10.2 Å². The van der Waals surface area contributed by atoms with Gasteiger partial charge in [-0.3, -0.25) is 4.79 Å². The van der Waals surface area contributed by atoms with E-state index < -0.39 is 0 Å². The van der Waals surface area contributed by atoms with Gasteiger partial charge in [0.05, 0.1) is 9.35 Å². The van der Waals surface area contributed by atoms with Gasteiger partial charge in [0.2, 0.25) is 0 Å². The highest BCUT2D eigenvalue weighted by Gasteiger charge is 2.25. The maximum atomic E-state index is 12.0. The lowest BCUT2D eigenvalue weighted by Crippen LogP contribution is -2.48. The minimum absolute atomic E-state index is 0.0494. The molecule has 94 valence electrons. The smallest absolute Gasteiger partial charge is 0.252 e. The van der Waals surface area contributed by atoms with Gasteiger partial charge in [0.1, 0.15) is 0 Å². The second-order valence-corrected chi connectivity index (χ2v) is 7.04. The quantitative estimate of drug-likeness (QED) is 0.909. The van der Waals surface area contributed by atoms with Gasteiger partial charge in [-0.2, -0.15) is 0 Å². The van der Waals surface area contributed by atoms with Crippen LogP contribution in [-0.4, -0.2) is 37.0 Å². The molecule has 1 N–H and O–H groups in total. The standard InChI is InChI=1S/C12H17BrN2OS/c1-8-6-15(2)4-3-10(8)14-12(16)9-5-11(13)17-7-9/h5,7-8,10H,3-4,6H2,1-2H3,(H,14,16). The van der Waals surface area contributed by atoms with Crippen LogP contribution in [-0.2, 0) is 0 Å². The molecule has 1 amide bonds. The molecule has 0 saturated carbocycles. The van der Waals surface area contributed by atoms with Crippen LogP contribution in [0.25, 0.3) is 0 Å². The number of likely N-dealkylation sites (tertiary alicyclic amines) is 1. The molecule has 1 aliphatic rings. The predicted octanol–water partition coefficient (Wildman–Crippen LogP) is 2.58. The maximum absolute atomic E-state index is 12.0. The zero-order chi connectivity index (χ0) is 12.4. The fourth-order valence-electron chi connectivity index (χ4n) is 2.25. The van der Waals surface area contributed by atoms with E-state index >= 15 is 0 Å². The van der Waals surface area contributed by atoms with Gasteiger partial charge in [-0.25, -0.2) is 0 Å². The van der Waals surface area contributed by atoms with Gasteiger partial charge < -0.3 is 10.2 Å². The van der Waals surface area contributed by atoms with Gasteiger partial charge in [-0.05, 0) is 47.9 Å². The van der Waals surface area contributed by atoms with E-state index in [4.69, 9.17) is 0 Å². The molecular weight excluding hydrogens is 300 g/mol. The summed E-state index contributed by atoms with van der Waals surface area (Å²) in [4.78, 5) is 14.3. The number of thiophene rings is 1. The highest BCUT2D eigenvalue weighted by molar-refractivity contribution is 9.11. The summed E-state index contributed by atoms with van der Waals surface area (Å²) in [5, 5.41) is 5.03. The number of amides is 1. The summed E-state index contributed by atoms with van der Waals surface area (Å²) in [7, 11) is 2.13. The lowest BCUT2D eigenvalue weighted by Gasteiger charge is -2.35. The number of nitrogens with zero attached hydrogens (tertiary/aromatic N) is 1. The molecule has 2 atom stereocenters. The highest BCUT2D eigenvalue weighted by Crippen LogP contribution is 2.21. The van der Waals surface area contributed by atoms with Gasteiger partial charge in [0.25, 0.3) is 5.91 Å². The molecule has 17 heavy (non-hydrogen) atoms. The Balaban J connectivity index is 1.95. The Hall–Kier alpha value is -0.390. The maximum Gasteiger partial charge on any atom is 0.252 e. The Labute approximate surface area is 114 Å². The molecule has 0 bridgehead atoms. The third-order valence-electron chi connectivity index (χ3n) is 3.25. The van der Waals surface area contributed by atoms with E-state index in [-0.39, 0.29) is 5.91 Å². The molecule has 1 aromatic heterocycles. The topological polar surface area (TPSA) is 32.3 Å². The fourth-order valence-corrected chi connectivity index (χ4v) is 3.39. The fraction of sp³-hybridized carbons (Fsp3) is 0.583. The number of halogens is 1. The van der Waals surface area contributed by atoms with Crippen molar-refractivity contribution < 1.29 is 4.79 Å². The van der Waals surface area contributed by atoms with Gasteiger partial charge in [0, 0.05) is 18.0 Å².